The lowest BCUT2D eigenvalue weighted by Gasteiger charge is -2.30. The van der Waals surface area contributed by atoms with E-state index in [-0.39, 0.29) is 11.7 Å². The molecule has 1 N–H and O–H groups in total. The predicted molar refractivity (Wildman–Crippen MR) is 79.4 cm³/mol. The summed E-state index contributed by atoms with van der Waals surface area (Å²) >= 11 is 0. The molecule has 0 aliphatic carbocycles. The molecule has 0 amide bonds. The number of nitrogens with zero attached hydrogens (tertiary/aromatic N) is 2. The van der Waals surface area contributed by atoms with Gasteiger partial charge < -0.3 is 14.7 Å². The van der Waals surface area contributed by atoms with E-state index in [0.29, 0.717) is 11.8 Å². The SMILES string of the molecule is CC(CN(C)CC1CCCCO1)C(O)c1ccc(F)cn1. The molecule has 0 bridgehead atoms. The van der Waals surface area contributed by atoms with E-state index in [1.54, 1.807) is 6.07 Å². The Bertz CT molecular complexity index is 421. The Labute approximate surface area is 125 Å². The maximum absolute atomic E-state index is 12.9. The number of hydrogen-bond donors (Lipinski definition) is 1. The molecule has 0 radical (unpaired) electrons. The van der Waals surface area contributed by atoms with Gasteiger partial charge in [0.25, 0.3) is 0 Å². The molecule has 4 nitrogen and oxygen atoms in total. The average molecular weight is 296 g/mol. The Morgan fingerprint density at radius 3 is 2.90 bits per heavy atom. The largest absolute Gasteiger partial charge is 0.386 e. The van der Waals surface area contributed by atoms with E-state index in [0.717, 1.165) is 38.7 Å². The number of aromatic nitrogens is 1. The lowest BCUT2D eigenvalue weighted by molar-refractivity contribution is -0.00761. The van der Waals surface area contributed by atoms with Crippen molar-refractivity contribution in [3.8, 4) is 0 Å². The van der Waals surface area contributed by atoms with Gasteiger partial charge in [-0.1, -0.05) is 6.92 Å². The molecule has 21 heavy (non-hydrogen) atoms. The third kappa shape index (κ3) is 5.02. The number of aliphatic hydroxyl groups excluding tert-OH is 1. The van der Waals surface area contributed by atoms with Crippen LogP contribution in [0.4, 0.5) is 4.39 Å². The minimum atomic E-state index is -0.680. The van der Waals surface area contributed by atoms with Crippen LogP contribution in [0.1, 0.15) is 38.0 Å². The van der Waals surface area contributed by atoms with Gasteiger partial charge in [-0.15, -0.1) is 0 Å². The summed E-state index contributed by atoms with van der Waals surface area (Å²) in [7, 11) is 2.04. The first kappa shape index (κ1) is 16.3. The topological polar surface area (TPSA) is 45.6 Å². The fraction of sp³-hybridized carbons (Fsp3) is 0.688. The number of rotatable bonds is 6. The Morgan fingerprint density at radius 2 is 2.29 bits per heavy atom. The van der Waals surface area contributed by atoms with E-state index >= 15 is 0 Å². The fourth-order valence-corrected chi connectivity index (χ4v) is 2.82. The van der Waals surface area contributed by atoms with Crippen LogP contribution in [-0.2, 0) is 4.74 Å². The second-order valence-electron chi connectivity index (χ2n) is 6.03. The van der Waals surface area contributed by atoms with Gasteiger partial charge in [0, 0.05) is 25.6 Å². The molecule has 1 aliphatic heterocycles. The van der Waals surface area contributed by atoms with Crippen LogP contribution in [-0.4, -0.2) is 47.8 Å². The van der Waals surface area contributed by atoms with Gasteiger partial charge in [-0.2, -0.15) is 0 Å². The monoisotopic (exact) mass is 296 g/mol. The first-order valence-corrected chi connectivity index (χ1v) is 7.66. The number of halogens is 1. The molecule has 1 aromatic heterocycles. The molecule has 0 aromatic carbocycles. The highest BCUT2D eigenvalue weighted by molar-refractivity contribution is 5.08. The summed E-state index contributed by atoms with van der Waals surface area (Å²) in [5, 5.41) is 10.3. The van der Waals surface area contributed by atoms with E-state index < -0.39 is 6.10 Å². The number of aliphatic hydroxyl groups is 1. The molecular weight excluding hydrogens is 271 g/mol. The summed E-state index contributed by atoms with van der Waals surface area (Å²) in [5.74, 6) is -0.360. The van der Waals surface area contributed by atoms with Gasteiger partial charge in [0.15, 0.2) is 0 Å². The number of likely N-dealkylation sites (N-methyl/N-ethyl adjacent to an activating group) is 1. The maximum Gasteiger partial charge on any atom is 0.141 e. The molecule has 3 atom stereocenters. The van der Waals surface area contributed by atoms with Gasteiger partial charge in [-0.3, -0.25) is 4.98 Å². The predicted octanol–water partition coefficient (Wildman–Crippen LogP) is 2.39. The van der Waals surface area contributed by atoms with Crippen LogP contribution in [0.2, 0.25) is 0 Å². The molecule has 5 heteroatoms. The number of hydrogen-bond acceptors (Lipinski definition) is 4. The Balaban J connectivity index is 1.81. The highest BCUT2D eigenvalue weighted by Gasteiger charge is 2.21. The molecule has 118 valence electrons. The fourth-order valence-electron chi connectivity index (χ4n) is 2.82. The van der Waals surface area contributed by atoms with Gasteiger partial charge in [0.1, 0.15) is 5.82 Å². The second-order valence-corrected chi connectivity index (χ2v) is 6.03. The zero-order valence-electron chi connectivity index (χ0n) is 12.8. The highest BCUT2D eigenvalue weighted by Crippen LogP contribution is 2.21. The van der Waals surface area contributed by atoms with E-state index in [1.165, 1.54) is 12.5 Å². The molecule has 2 rings (SSSR count). The average Bonchev–Trinajstić information content (AvgIpc) is 2.48. The molecule has 0 saturated carbocycles. The molecule has 0 spiro atoms. The van der Waals surface area contributed by atoms with Gasteiger partial charge in [0.05, 0.1) is 24.1 Å². The van der Waals surface area contributed by atoms with Crippen molar-refractivity contribution >= 4 is 0 Å². The van der Waals surface area contributed by atoms with Crippen LogP contribution in [0, 0.1) is 11.7 Å². The summed E-state index contributed by atoms with van der Waals surface area (Å²) in [5.41, 5.74) is 0.520. The van der Waals surface area contributed by atoms with E-state index in [2.05, 4.69) is 9.88 Å². The summed E-state index contributed by atoms with van der Waals surface area (Å²) < 4.78 is 18.6. The van der Waals surface area contributed by atoms with Crippen molar-refractivity contribution in [3.63, 3.8) is 0 Å². The van der Waals surface area contributed by atoms with Gasteiger partial charge in [-0.25, -0.2) is 4.39 Å². The summed E-state index contributed by atoms with van der Waals surface area (Å²) in [6.45, 7) is 4.47. The number of ether oxygens (including phenoxy) is 1. The Kier molecular flexibility index (Phi) is 6.08. The van der Waals surface area contributed by atoms with Gasteiger partial charge in [0.2, 0.25) is 0 Å². The maximum atomic E-state index is 12.9. The van der Waals surface area contributed by atoms with Crippen molar-refractivity contribution in [1.82, 2.24) is 9.88 Å². The standard InChI is InChI=1S/C16H25FN2O2/c1-12(16(20)15-7-6-13(17)9-18-15)10-19(2)11-14-5-3-4-8-21-14/h6-7,9,12,14,16,20H,3-5,8,10-11H2,1-2H3. The van der Waals surface area contributed by atoms with Crippen LogP contribution in [0.5, 0.6) is 0 Å². The smallest absolute Gasteiger partial charge is 0.141 e. The highest BCUT2D eigenvalue weighted by atomic mass is 19.1. The van der Waals surface area contributed by atoms with Crippen LogP contribution >= 0.6 is 0 Å². The molecular formula is C16H25FN2O2. The van der Waals surface area contributed by atoms with Crippen LogP contribution < -0.4 is 0 Å². The molecule has 3 unspecified atom stereocenters. The van der Waals surface area contributed by atoms with Crippen LogP contribution in [0.15, 0.2) is 18.3 Å². The minimum Gasteiger partial charge on any atom is -0.386 e. The molecule has 1 aromatic rings. The lowest BCUT2D eigenvalue weighted by atomic mass is 10.0. The first-order valence-electron chi connectivity index (χ1n) is 7.66. The Morgan fingerprint density at radius 1 is 1.48 bits per heavy atom. The van der Waals surface area contributed by atoms with Crippen molar-refractivity contribution in [1.29, 1.82) is 0 Å². The molecule has 2 heterocycles. The van der Waals surface area contributed by atoms with Crippen molar-refractivity contribution in [2.24, 2.45) is 5.92 Å². The summed E-state index contributed by atoms with van der Waals surface area (Å²) in [6.07, 6.45) is 4.27. The minimum absolute atomic E-state index is 0.0246. The second kappa shape index (κ2) is 7.82. The van der Waals surface area contributed by atoms with Crippen molar-refractivity contribution in [3.05, 3.63) is 29.8 Å². The van der Waals surface area contributed by atoms with Crippen LogP contribution in [0.3, 0.4) is 0 Å². The number of pyridine rings is 1. The summed E-state index contributed by atoms with van der Waals surface area (Å²) in [6, 6.07) is 2.87. The molecule has 1 saturated heterocycles. The zero-order valence-corrected chi connectivity index (χ0v) is 12.8. The van der Waals surface area contributed by atoms with Crippen molar-refractivity contribution in [2.45, 2.75) is 38.4 Å². The van der Waals surface area contributed by atoms with E-state index in [4.69, 9.17) is 4.74 Å². The van der Waals surface area contributed by atoms with E-state index in [1.807, 2.05) is 14.0 Å². The van der Waals surface area contributed by atoms with Crippen LogP contribution in [0.25, 0.3) is 0 Å². The van der Waals surface area contributed by atoms with Gasteiger partial charge in [-0.05, 0) is 38.4 Å². The third-order valence-electron chi connectivity index (χ3n) is 3.98. The first-order chi connectivity index (χ1) is 10.1. The van der Waals surface area contributed by atoms with Crippen molar-refractivity contribution < 1.29 is 14.2 Å². The molecule has 1 fully saturated rings. The lowest BCUT2D eigenvalue weighted by Crippen LogP contribution is -2.36. The Hall–Kier alpha value is -1.04. The van der Waals surface area contributed by atoms with Gasteiger partial charge >= 0.3 is 0 Å². The van der Waals surface area contributed by atoms with E-state index in [9.17, 15) is 9.50 Å². The zero-order chi connectivity index (χ0) is 15.2. The third-order valence-corrected chi connectivity index (χ3v) is 3.98. The quantitative estimate of drug-likeness (QED) is 0.875. The normalized spacial score (nSPS) is 22.2. The van der Waals surface area contributed by atoms with Crippen molar-refractivity contribution in [2.75, 3.05) is 26.7 Å². The summed E-state index contributed by atoms with van der Waals surface area (Å²) in [4.78, 5) is 6.14. The molecule has 1 aliphatic rings.